The van der Waals surface area contributed by atoms with Gasteiger partial charge in [-0.2, -0.15) is 0 Å². The van der Waals surface area contributed by atoms with Crippen LogP contribution < -0.4 is 11.1 Å². The maximum absolute atomic E-state index is 11.8. The van der Waals surface area contributed by atoms with Crippen LogP contribution in [-0.2, 0) is 0 Å². The fraction of sp³-hybridized carbons (Fsp3) is 0.500. The molecular formula is C10H16N4O3. The van der Waals surface area contributed by atoms with E-state index < -0.39 is 0 Å². The molecular weight excluding hydrogens is 224 g/mol. The minimum Gasteiger partial charge on any atom is -0.436 e. The van der Waals surface area contributed by atoms with Gasteiger partial charge in [0.2, 0.25) is 5.76 Å². The van der Waals surface area contributed by atoms with Gasteiger partial charge in [0, 0.05) is 19.4 Å². The molecule has 0 aliphatic carbocycles. The van der Waals surface area contributed by atoms with Crippen LogP contribution in [-0.4, -0.2) is 28.0 Å². The summed E-state index contributed by atoms with van der Waals surface area (Å²) in [6.07, 6.45) is 0.258. The minimum absolute atomic E-state index is 0.0586. The molecule has 0 spiro atoms. The fourth-order valence-electron chi connectivity index (χ4n) is 1.44. The fourth-order valence-corrected chi connectivity index (χ4v) is 1.44. The SMILES string of the molecule is Cc1nc(C)c(C(=O)NC(C)CC(N)=NO)o1. The topological polar surface area (TPSA) is 114 Å². The molecule has 0 aliphatic rings. The number of nitrogens with two attached hydrogens (primary N) is 1. The number of aromatic nitrogens is 1. The maximum Gasteiger partial charge on any atom is 0.289 e. The highest BCUT2D eigenvalue weighted by Gasteiger charge is 2.18. The molecule has 0 aliphatic heterocycles. The molecule has 1 amide bonds. The molecule has 4 N–H and O–H groups in total. The molecule has 0 bridgehead atoms. The Labute approximate surface area is 98.7 Å². The van der Waals surface area contributed by atoms with Crippen LogP contribution >= 0.6 is 0 Å². The molecule has 7 heteroatoms. The van der Waals surface area contributed by atoms with Crippen molar-refractivity contribution in [3.63, 3.8) is 0 Å². The number of amides is 1. The van der Waals surface area contributed by atoms with Gasteiger partial charge in [0.15, 0.2) is 5.89 Å². The largest absolute Gasteiger partial charge is 0.436 e. The van der Waals surface area contributed by atoms with E-state index >= 15 is 0 Å². The summed E-state index contributed by atoms with van der Waals surface area (Å²) in [6.45, 7) is 5.11. The number of aryl methyl sites for hydroxylation is 2. The van der Waals surface area contributed by atoms with Crippen molar-refractivity contribution in [2.24, 2.45) is 10.9 Å². The van der Waals surface area contributed by atoms with Gasteiger partial charge in [0.05, 0.1) is 5.69 Å². The van der Waals surface area contributed by atoms with Crippen LogP contribution in [0.4, 0.5) is 0 Å². The zero-order valence-corrected chi connectivity index (χ0v) is 10.0. The number of hydrogen-bond acceptors (Lipinski definition) is 5. The second-order valence-corrected chi connectivity index (χ2v) is 3.82. The Morgan fingerprint density at radius 3 is 2.76 bits per heavy atom. The Bertz CT molecular complexity index is 439. The zero-order chi connectivity index (χ0) is 13.0. The first-order chi connectivity index (χ1) is 7.93. The minimum atomic E-state index is -0.360. The molecule has 1 heterocycles. The molecule has 1 atom stereocenters. The number of carbonyl (C=O) groups excluding carboxylic acids is 1. The summed E-state index contributed by atoms with van der Waals surface area (Å²) < 4.78 is 5.17. The van der Waals surface area contributed by atoms with E-state index in [2.05, 4.69) is 15.5 Å². The Hall–Kier alpha value is -2.05. The lowest BCUT2D eigenvalue weighted by atomic mass is 10.2. The lowest BCUT2D eigenvalue weighted by Crippen LogP contribution is -2.35. The number of rotatable bonds is 4. The smallest absolute Gasteiger partial charge is 0.289 e. The Kier molecular flexibility index (Phi) is 4.08. The highest BCUT2D eigenvalue weighted by atomic mass is 16.4. The Morgan fingerprint density at radius 1 is 1.65 bits per heavy atom. The van der Waals surface area contributed by atoms with Gasteiger partial charge in [0.25, 0.3) is 5.91 Å². The van der Waals surface area contributed by atoms with Crippen LogP contribution in [0.5, 0.6) is 0 Å². The highest BCUT2D eigenvalue weighted by Crippen LogP contribution is 2.09. The molecule has 0 saturated heterocycles. The van der Waals surface area contributed by atoms with Gasteiger partial charge in [0.1, 0.15) is 5.84 Å². The number of nitrogens with zero attached hydrogens (tertiary/aromatic N) is 2. The molecule has 7 nitrogen and oxygen atoms in total. The van der Waals surface area contributed by atoms with Crippen molar-refractivity contribution in [3.8, 4) is 0 Å². The number of nitrogens with one attached hydrogen (secondary N) is 1. The molecule has 1 aromatic heterocycles. The van der Waals surface area contributed by atoms with Gasteiger partial charge < -0.3 is 20.7 Å². The van der Waals surface area contributed by atoms with Crippen molar-refractivity contribution in [2.45, 2.75) is 33.2 Å². The van der Waals surface area contributed by atoms with Gasteiger partial charge in [-0.05, 0) is 13.8 Å². The Balaban J connectivity index is 2.63. The molecule has 1 aromatic rings. The standard InChI is InChI=1S/C10H16N4O3/c1-5(4-8(11)14-16)12-10(15)9-6(2)13-7(3)17-9/h5,16H,4H2,1-3H3,(H2,11,14)(H,12,15). The summed E-state index contributed by atoms with van der Waals surface area (Å²) in [6, 6.07) is -0.261. The first kappa shape index (κ1) is 13.0. The lowest BCUT2D eigenvalue weighted by Gasteiger charge is -2.11. The molecule has 1 rings (SSSR count). The van der Waals surface area contributed by atoms with Crippen molar-refractivity contribution in [3.05, 3.63) is 17.3 Å². The predicted molar refractivity (Wildman–Crippen MR) is 60.9 cm³/mol. The van der Waals surface area contributed by atoms with Crippen molar-refractivity contribution >= 4 is 11.7 Å². The van der Waals surface area contributed by atoms with Crippen LogP contribution in [0.15, 0.2) is 9.57 Å². The van der Waals surface area contributed by atoms with Gasteiger partial charge in [-0.25, -0.2) is 4.98 Å². The van der Waals surface area contributed by atoms with E-state index in [4.69, 9.17) is 15.4 Å². The van der Waals surface area contributed by atoms with Crippen molar-refractivity contribution < 1.29 is 14.4 Å². The Morgan fingerprint density at radius 2 is 2.29 bits per heavy atom. The number of carbonyl (C=O) groups is 1. The van der Waals surface area contributed by atoms with Gasteiger partial charge >= 0.3 is 0 Å². The van der Waals surface area contributed by atoms with Gasteiger partial charge in [-0.1, -0.05) is 5.16 Å². The third-order valence-corrected chi connectivity index (χ3v) is 2.13. The summed E-state index contributed by atoms with van der Waals surface area (Å²) in [4.78, 5) is 15.8. The number of hydrogen-bond donors (Lipinski definition) is 3. The third kappa shape index (κ3) is 3.47. The monoisotopic (exact) mass is 240 g/mol. The summed E-state index contributed by atoms with van der Waals surface area (Å²) in [7, 11) is 0. The van der Waals surface area contributed by atoms with Crippen molar-refractivity contribution in [1.29, 1.82) is 0 Å². The predicted octanol–water partition coefficient (Wildman–Crippen LogP) is 0.546. The van der Waals surface area contributed by atoms with Crippen LogP contribution in [0, 0.1) is 13.8 Å². The molecule has 94 valence electrons. The van der Waals surface area contributed by atoms with Crippen LogP contribution in [0.1, 0.15) is 35.5 Å². The lowest BCUT2D eigenvalue weighted by molar-refractivity contribution is 0.0911. The van der Waals surface area contributed by atoms with Crippen molar-refractivity contribution in [2.75, 3.05) is 0 Å². The van der Waals surface area contributed by atoms with Crippen LogP contribution in [0.3, 0.4) is 0 Å². The van der Waals surface area contributed by atoms with E-state index in [1.807, 2.05) is 0 Å². The van der Waals surface area contributed by atoms with E-state index in [1.54, 1.807) is 20.8 Å². The van der Waals surface area contributed by atoms with Crippen LogP contribution in [0.2, 0.25) is 0 Å². The zero-order valence-electron chi connectivity index (χ0n) is 10.0. The second kappa shape index (κ2) is 5.33. The normalized spacial score (nSPS) is 13.5. The number of oxazole rings is 1. The molecule has 0 saturated carbocycles. The summed E-state index contributed by atoms with van der Waals surface area (Å²) in [5, 5.41) is 13.9. The van der Waals surface area contributed by atoms with E-state index in [-0.39, 0.29) is 30.0 Å². The van der Waals surface area contributed by atoms with Gasteiger partial charge in [-0.3, -0.25) is 4.79 Å². The van der Waals surface area contributed by atoms with E-state index in [0.717, 1.165) is 0 Å². The molecule has 0 aromatic carbocycles. The first-order valence-electron chi connectivity index (χ1n) is 5.15. The molecule has 0 fully saturated rings. The summed E-state index contributed by atoms with van der Waals surface area (Å²) in [5.74, 6) is 0.329. The second-order valence-electron chi connectivity index (χ2n) is 3.82. The van der Waals surface area contributed by atoms with Crippen LogP contribution in [0.25, 0.3) is 0 Å². The number of amidine groups is 1. The van der Waals surface area contributed by atoms with E-state index in [0.29, 0.717) is 11.6 Å². The molecule has 1 unspecified atom stereocenters. The molecule has 0 radical (unpaired) electrons. The van der Waals surface area contributed by atoms with Gasteiger partial charge in [-0.15, -0.1) is 0 Å². The highest BCUT2D eigenvalue weighted by molar-refractivity contribution is 5.93. The van der Waals surface area contributed by atoms with E-state index in [9.17, 15) is 4.79 Å². The summed E-state index contributed by atoms with van der Waals surface area (Å²) in [5.41, 5.74) is 5.87. The quantitative estimate of drug-likeness (QED) is 0.308. The first-order valence-corrected chi connectivity index (χ1v) is 5.15. The summed E-state index contributed by atoms with van der Waals surface area (Å²) >= 11 is 0. The average Bonchev–Trinajstić information content (AvgIpc) is 2.57. The number of oxime groups is 1. The van der Waals surface area contributed by atoms with E-state index in [1.165, 1.54) is 0 Å². The third-order valence-electron chi connectivity index (χ3n) is 2.13. The molecule has 17 heavy (non-hydrogen) atoms. The average molecular weight is 240 g/mol. The van der Waals surface area contributed by atoms with Crippen molar-refractivity contribution in [1.82, 2.24) is 10.3 Å². The maximum atomic E-state index is 11.8.